The zero-order valence-corrected chi connectivity index (χ0v) is 31.9. The molecule has 6 aromatic heterocycles. The molecule has 50 heavy (non-hydrogen) atoms. The first-order valence-electron chi connectivity index (χ1n) is 17.8. The number of benzene rings is 1. The lowest BCUT2D eigenvalue weighted by atomic mass is 10.0. The second kappa shape index (κ2) is 15.3. The second-order valence-electron chi connectivity index (χ2n) is 12.8. The predicted molar refractivity (Wildman–Crippen MR) is 212 cm³/mol. The molecule has 0 bridgehead atoms. The summed E-state index contributed by atoms with van der Waals surface area (Å²) in [7, 11) is 2.18. The van der Waals surface area contributed by atoms with Crippen LogP contribution in [0.1, 0.15) is 64.9 Å². The molecule has 0 radical (unpaired) electrons. The van der Waals surface area contributed by atoms with Gasteiger partial charge < -0.3 is 28.3 Å². The van der Waals surface area contributed by atoms with Crippen LogP contribution in [0.25, 0.3) is 64.0 Å². The van der Waals surface area contributed by atoms with Gasteiger partial charge in [-0.1, -0.05) is 45.4 Å². The van der Waals surface area contributed by atoms with Gasteiger partial charge in [-0.2, -0.15) is 0 Å². The molecule has 6 heterocycles. The van der Waals surface area contributed by atoms with E-state index in [0.717, 1.165) is 92.7 Å². The molecule has 0 spiro atoms. The molecule has 0 saturated carbocycles. The minimum absolute atomic E-state index is 0.0397. The van der Waals surface area contributed by atoms with Crippen LogP contribution in [0.15, 0.2) is 24.3 Å². The van der Waals surface area contributed by atoms with Crippen molar-refractivity contribution in [1.29, 1.82) is 0 Å². The standard InChI is InChI=1S/C40H46N2O5S3/c1-6-9-27-31(14-17-47-20-19-45-8-3)48-33-22-30(41(5)37(27)33)40-35-25(23-44)11-12-26-29-21-34-38(42(29)24(4)39(50-40)36(26)35)28(10-7-2)32(49-34)13-16-46-18-15-43/h11-12,21-23,43H,4,6-10,13-20H2,1-3,5H3. The SMILES string of the molecule is C=c1c2sc(-c3cc4sc(CCOCCOCC)c(CCC)c4n3C)c3c(C=O)ccc(c32)c2cc3sc(CCOCCO)c(CCC)c3n12. The van der Waals surface area contributed by atoms with Gasteiger partial charge in [0.05, 0.1) is 86.2 Å². The monoisotopic (exact) mass is 730 g/mol. The fourth-order valence-electron chi connectivity index (χ4n) is 7.58. The average molecular weight is 731 g/mol. The van der Waals surface area contributed by atoms with Crippen molar-refractivity contribution in [2.75, 3.05) is 46.2 Å². The van der Waals surface area contributed by atoms with Crippen LogP contribution in [0.4, 0.5) is 0 Å². The maximum Gasteiger partial charge on any atom is 0.150 e. The van der Waals surface area contributed by atoms with Crippen molar-refractivity contribution in [2.24, 2.45) is 7.05 Å². The van der Waals surface area contributed by atoms with Crippen molar-refractivity contribution in [3.8, 4) is 10.6 Å². The number of aromatic nitrogens is 2. The summed E-state index contributed by atoms with van der Waals surface area (Å²) in [4.78, 5) is 16.5. The van der Waals surface area contributed by atoms with Gasteiger partial charge in [-0.05, 0) is 43.0 Å². The quantitative estimate of drug-likeness (QED) is 0.0707. The van der Waals surface area contributed by atoms with E-state index in [9.17, 15) is 9.90 Å². The summed E-state index contributed by atoms with van der Waals surface area (Å²) in [6, 6.07) is 8.77. The number of aliphatic hydroxyl groups excluding tert-OH is 1. The third-order valence-electron chi connectivity index (χ3n) is 9.70. The van der Waals surface area contributed by atoms with Crippen LogP contribution in [0.2, 0.25) is 0 Å². The van der Waals surface area contributed by atoms with Crippen LogP contribution in [0, 0.1) is 0 Å². The zero-order valence-electron chi connectivity index (χ0n) is 29.5. The fourth-order valence-corrected chi connectivity index (χ4v) is 11.5. The summed E-state index contributed by atoms with van der Waals surface area (Å²) in [6.45, 7) is 14.9. The van der Waals surface area contributed by atoms with Crippen LogP contribution >= 0.6 is 34.0 Å². The molecule has 1 aromatic carbocycles. The molecule has 7 aromatic rings. The highest BCUT2D eigenvalue weighted by atomic mass is 32.1. The van der Waals surface area contributed by atoms with E-state index in [2.05, 4.69) is 48.1 Å². The summed E-state index contributed by atoms with van der Waals surface area (Å²) >= 11 is 5.48. The number of pyridine rings is 1. The first kappa shape index (κ1) is 35.3. The van der Waals surface area contributed by atoms with Crippen molar-refractivity contribution in [3.05, 3.63) is 56.1 Å². The van der Waals surface area contributed by atoms with Gasteiger partial charge in [0, 0.05) is 58.0 Å². The largest absolute Gasteiger partial charge is 0.394 e. The number of rotatable bonds is 18. The molecule has 0 saturated heterocycles. The smallest absolute Gasteiger partial charge is 0.150 e. The van der Waals surface area contributed by atoms with Crippen LogP contribution in [0.5, 0.6) is 0 Å². The average Bonchev–Trinajstić information content (AvgIpc) is 3.91. The van der Waals surface area contributed by atoms with Crippen molar-refractivity contribution in [3.63, 3.8) is 0 Å². The molecule has 0 aliphatic carbocycles. The van der Waals surface area contributed by atoms with Gasteiger partial charge in [-0.3, -0.25) is 4.79 Å². The highest BCUT2D eigenvalue weighted by Crippen LogP contribution is 2.47. The summed E-state index contributed by atoms with van der Waals surface area (Å²) in [5.41, 5.74) is 8.33. The number of aryl methyl sites for hydroxylation is 3. The van der Waals surface area contributed by atoms with Crippen LogP contribution in [-0.4, -0.2) is 66.6 Å². The van der Waals surface area contributed by atoms with Gasteiger partial charge >= 0.3 is 0 Å². The zero-order chi connectivity index (χ0) is 34.9. The third-order valence-corrected chi connectivity index (χ3v) is 13.4. The van der Waals surface area contributed by atoms with E-state index in [-0.39, 0.29) is 6.61 Å². The van der Waals surface area contributed by atoms with Crippen molar-refractivity contribution < 1.29 is 24.1 Å². The lowest BCUT2D eigenvalue weighted by molar-refractivity contribution is 0.0542. The number of nitrogens with zero attached hydrogens (tertiary/aromatic N) is 2. The van der Waals surface area contributed by atoms with Crippen molar-refractivity contribution in [1.82, 2.24) is 8.97 Å². The summed E-state index contributed by atoms with van der Waals surface area (Å²) in [5, 5.41) is 13.5. The molecule has 0 atom stereocenters. The number of aldehydes is 1. The minimum Gasteiger partial charge on any atom is -0.394 e. The Kier molecular flexibility index (Phi) is 10.8. The Labute approximate surface area is 304 Å². The Balaban J connectivity index is 1.37. The van der Waals surface area contributed by atoms with E-state index < -0.39 is 0 Å². The van der Waals surface area contributed by atoms with E-state index in [1.165, 1.54) is 41.3 Å². The molecule has 7 rings (SSSR count). The second-order valence-corrected chi connectivity index (χ2v) is 16.1. The number of thiophene rings is 3. The van der Waals surface area contributed by atoms with Gasteiger partial charge in [0.15, 0.2) is 6.29 Å². The number of carbonyl (C=O) groups excluding carboxylic acids is 1. The first-order chi connectivity index (χ1) is 24.5. The van der Waals surface area contributed by atoms with Crippen molar-refractivity contribution >= 4 is 93.7 Å². The highest BCUT2D eigenvalue weighted by Gasteiger charge is 2.26. The molecule has 0 unspecified atom stereocenters. The molecule has 0 aliphatic rings. The lowest BCUT2D eigenvalue weighted by Crippen LogP contribution is -2.12. The molecular formula is C40H46N2O5S3. The molecular weight excluding hydrogens is 685 g/mol. The van der Waals surface area contributed by atoms with E-state index >= 15 is 0 Å². The third kappa shape index (κ3) is 6.02. The fraction of sp³-hybridized carbons (Fsp3) is 0.425. The molecule has 0 aliphatic heterocycles. The molecule has 0 fully saturated rings. The van der Waals surface area contributed by atoms with E-state index in [1.807, 2.05) is 35.7 Å². The van der Waals surface area contributed by atoms with Crippen LogP contribution < -0.4 is 5.35 Å². The van der Waals surface area contributed by atoms with Crippen molar-refractivity contribution in [2.45, 2.75) is 59.3 Å². The molecule has 264 valence electrons. The first-order valence-corrected chi connectivity index (χ1v) is 20.3. The van der Waals surface area contributed by atoms with Gasteiger partial charge in [-0.25, -0.2) is 0 Å². The topological polar surface area (TPSA) is 74.3 Å². The Hall–Kier alpha value is -3.09. The van der Waals surface area contributed by atoms with Crippen LogP contribution in [0.3, 0.4) is 0 Å². The van der Waals surface area contributed by atoms with Gasteiger partial charge in [-0.15, -0.1) is 34.0 Å². The molecule has 0 amide bonds. The summed E-state index contributed by atoms with van der Waals surface area (Å²) < 4.78 is 25.4. The van der Waals surface area contributed by atoms with Gasteiger partial charge in [0.1, 0.15) is 0 Å². The Morgan fingerprint density at radius 2 is 1.46 bits per heavy atom. The Morgan fingerprint density at radius 3 is 2.12 bits per heavy atom. The number of aliphatic hydroxyl groups is 1. The molecule has 1 N–H and O–H groups in total. The summed E-state index contributed by atoms with van der Waals surface area (Å²) in [6.07, 6.45) is 6.85. The Bertz CT molecular complexity index is 2350. The van der Waals surface area contributed by atoms with E-state index in [4.69, 9.17) is 20.8 Å². The Morgan fingerprint density at radius 1 is 0.800 bits per heavy atom. The van der Waals surface area contributed by atoms with E-state index in [0.29, 0.717) is 39.6 Å². The maximum absolute atomic E-state index is 12.6. The molecule has 7 nitrogen and oxygen atoms in total. The number of hydrogen-bond donors (Lipinski definition) is 1. The van der Waals surface area contributed by atoms with E-state index in [1.54, 1.807) is 11.3 Å². The summed E-state index contributed by atoms with van der Waals surface area (Å²) in [5.74, 6) is 0. The number of ether oxygens (including phenoxy) is 3. The highest BCUT2D eigenvalue weighted by molar-refractivity contribution is 7.24. The molecule has 10 heteroatoms. The van der Waals surface area contributed by atoms with Gasteiger partial charge in [0.2, 0.25) is 0 Å². The lowest BCUT2D eigenvalue weighted by Gasteiger charge is -2.10. The van der Waals surface area contributed by atoms with Crippen LogP contribution in [-0.2, 0) is 46.9 Å². The maximum atomic E-state index is 12.6. The number of carbonyl (C=O) groups is 1. The van der Waals surface area contributed by atoms with Gasteiger partial charge in [0.25, 0.3) is 0 Å². The minimum atomic E-state index is 0.0397. The number of hydrogen-bond acceptors (Lipinski definition) is 8. The normalized spacial score (nSPS) is 12.3. The predicted octanol–water partition coefficient (Wildman–Crippen LogP) is 8.74. The number of fused-ring (bicyclic) bond motifs is 5.